The number of nitriles is 1. The minimum Gasteiger partial charge on any atom is -0.365 e. The molecule has 0 saturated carbocycles. The van der Waals surface area contributed by atoms with Gasteiger partial charge in [0.2, 0.25) is 10.0 Å². The summed E-state index contributed by atoms with van der Waals surface area (Å²) >= 11 is 6.54. The van der Waals surface area contributed by atoms with Gasteiger partial charge in [0, 0.05) is 18.8 Å². The number of fused-ring (bicyclic) bond motifs is 1. The van der Waals surface area contributed by atoms with Crippen molar-refractivity contribution >= 4 is 27.5 Å². The van der Waals surface area contributed by atoms with Gasteiger partial charge in [0.15, 0.2) is 0 Å². The van der Waals surface area contributed by atoms with E-state index in [1.807, 2.05) is 41.0 Å². The standard InChI is InChI=1S/C21H17ClN4O3S/c22-19-18(21(24)27)17-13-25(30(28,29)16-8-6-14(12-23)7-9-16)10-11-26(17)20(19)15-4-2-1-3-5-15/h1-9H,10-11,13H2,(H2,24,27). The van der Waals surface area contributed by atoms with Crippen LogP contribution in [0.1, 0.15) is 21.6 Å². The number of rotatable bonds is 4. The number of hydrogen-bond acceptors (Lipinski definition) is 4. The van der Waals surface area contributed by atoms with Gasteiger partial charge in [0.05, 0.1) is 39.4 Å². The highest BCUT2D eigenvalue weighted by molar-refractivity contribution is 7.89. The fourth-order valence-corrected chi connectivity index (χ4v) is 5.49. The van der Waals surface area contributed by atoms with E-state index in [4.69, 9.17) is 22.6 Å². The maximum absolute atomic E-state index is 13.1. The molecule has 30 heavy (non-hydrogen) atoms. The smallest absolute Gasteiger partial charge is 0.252 e. The molecule has 0 spiro atoms. The van der Waals surface area contributed by atoms with Gasteiger partial charge in [-0.05, 0) is 29.8 Å². The topological polar surface area (TPSA) is 109 Å². The summed E-state index contributed by atoms with van der Waals surface area (Å²) in [5, 5.41) is 9.15. The Hall–Kier alpha value is -3.12. The van der Waals surface area contributed by atoms with Crippen molar-refractivity contribution in [1.29, 1.82) is 5.26 Å². The zero-order chi connectivity index (χ0) is 21.5. The molecule has 0 fully saturated rings. The molecule has 0 saturated heterocycles. The second kappa shape index (κ2) is 7.61. The summed E-state index contributed by atoms with van der Waals surface area (Å²) in [6, 6.07) is 17.0. The van der Waals surface area contributed by atoms with Crippen molar-refractivity contribution < 1.29 is 13.2 Å². The Morgan fingerprint density at radius 3 is 2.33 bits per heavy atom. The third-order valence-corrected chi connectivity index (χ3v) is 7.35. The predicted octanol–water partition coefficient (Wildman–Crippen LogP) is 2.98. The maximum atomic E-state index is 13.1. The third-order valence-electron chi connectivity index (χ3n) is 5.13. The van der Waals surface area contributed by atoms with E-state index in [-0.39, 0.29) is 28.6 Å². The van der Waals surface area contributed by atoms with Gasteiger partial charge >= 0.3 is 0 Å². The molecule has 7 nitrogen and oxygen atoms in total. The van der Waals surface area contributed by atoms with E-state index in [0.717, 1.165) is 5.56 Å². The summed E-state index contributed by atoms with van der Waals surface area (Å²) in [4.78, 5) is 12.2. The molecule has 4 rings (SSSR count). The predicted molar refractivity (Wildman–Crippen MR) is 112 cm³/mol. The largest absolute Gasteiger partial charge is 0.365 e. The lowest BCUT2D eigenvalue weighted by Crippen LogP contribution is -2.39. The molecule has 0 radical (unpaired) electrons. The zero-order valence-corrected chi connectivity index (χ0v) is 17.3. The van der Waals surface area contributed by atoms with Crippen molar-refractivity contribution in [3.05, 3.63) is 76.4 Å². The molecule has 0 unspecified atom stereocenters. The Morgan fingerprint density at radius 2 is 1.73 bits per heavy atom. The summed E-state index contributed by atoms with van der Waals surface area (Å²) in [5.41, 5.74) is 8.03. The van der Waals surface area contributed by atoms with Gasteiger partial charge in [0.25, 0.3) is 5.91 Å². The van der Waals surface area contributed by atoms with Crippen LogP contribution in [0.3, 0.4) is 0 Å². The number of benzene rings is 2. The Kier molecular flexibility index (Phi) is 5.12. The molecule has 2 aromatic carbocycles. The Bertz CT molecular complexity index is 1280. The fraction of sp³-hybridized carbons (Fsp3) is 0.143. The molecule has 9 heteroatoms. The molecule has 0 aliphatic carbocycles. The summed E-state index contributed by atoms with van der Waals surface area (Å²) < 4.78 is 29.4. The van der Waals surface area contributed by atoms with Crippen LogP contribution in [-0.4, -0.2) is 29.7 Å². The molecule has 1 aromatic heterocycles. The van der Waals surface area contributed by atoms with Crippen molar-refractivity contribution in [3.8, 4) is 17.3 Å². The quantitative estimate of drug-likeness (QED) is 0.672. The average molecular weight is 441 g/mol. The van der Waals surface area contributed by atoms with Crippen LogP contribution in [0.2, 0.25) is 5.02 Å². The van der Waals surface area contributed by atoms with Crippen LogP contribution in [0.25, 0.3) is 11.3 Å². The van der Waals surface area contributed by atoms with Crippen LogP contribution in [0.4, 0.5) is 0 Å². The van der Waals surface area contributed by atoms with Gasteiger partial charge in [0.1, 0.15) is 0 Å². The van der Waals surface area contributed by atoms with Crippen molar-refractivity contribution in [1.82, 2.24) is 8.87 Å². The first-order chi connectivity index (χ1) is 14.3. The molecule has 152 valence electrons. The summed E-state index contributed by atoms with van der Waals surface area (Å²) in [7, 11) is -3.83. The normalized spacial score (nSPS) is 14.1. The summed E-state index contributed by atoms with van der Waals surface area (Å²) in [6.07, 6.45) is 0. The minimum atomic E-state index is -3.83. The van der Waals surface area contributed by atoms with E-state index in [9.17, 15) is 13.2 Å². The van der Waals surface area contributed by atoms with Crippen molar-refractivity contribution in [2.75, 3.05) is 6.54 Å². The Morgan fingerprint density at radius 1 is 1.07 bits per heavy atom. The van der Waals surface area contributed by atoms with Gasteiger partial charge in [-0.2, -0.15) is 9.57 Å². The second-order valence-corrected chi connectivity index (χ2v) is 9.16. The van der Waals surface area contributed by atoms with E-state index in [2.05, 4.69) is 0 Å². The summed E-state index contributed by atoms with van der Waals surface area (Å²) in [5.74, 6) is -0.705. The number of carbonyl (C=O) groups excluding carboxylic acids is 1. The number of halogens is 1. The van der Waals surface area contributed by atoms with Crippen LogP contribution >= 0.6 is 11.6 Å². The lowest BCUT2D eigenvalue weighted by molar-refractivity contribution is 0.0998. The molecule has 1 aliphatic heterocycles. The van der Waals surface area contributed by atoms with Gasteiger partial charge in [-0.1, -0.05) is 41.9 Å². The second-order valence-electron chi connectivity index (χ2n) is 6.84. The highest BCUT2D eigenvalue weighted by Crippen LogP contribution is 2.38. The van der Waals surface area contributed by atoms with E-state index in [0.29, 0.717) is 23.5 Å². The number of carbonyl (C=O) groups is 1. The van der Waals surface area contributed by atoms with E-state index >= 15 is 0 Å². The monoisotopic (exact) mass is 440 g/mol. The number of aromatic nitrogens is 1. The van der Waals surface area contributed by atoms with Gasteiger partial charge in [-0.15, -0.1) is 0 Å². The Balaban J connectivity index is 1.78. The zero-order valence-electron chi connectivity index (χ0n) is 15.7. The van der Waals surface area contributed by atoms with Crippen molar-refractivity contribution in [2.24, 2.45) is 5.73 Å². The summed E-state index contributed by atoms with van der Waals surface area (Å²) in [6.45, 7) is 0.494. The van der Waals surface area contributed by atoms with Crippen LogP contribution in [0.5, 0.6) is 0 Å². The molecule has 0 bridgehead atoms. The first kappa shape index (κ1) is 20.2. The van der Waals surface area contributed by atoms with Gasteiger partial charge < -0.3 is 10.3 Å². The van der Waals surface area contributed by atoms with Gasteiger partial charge in [-0.3, -0.25) is 4.79 Å². The Labute approximate surface area is 179 Å². The number of nitrogens with zero attached hydrogens (tertiary/aromatic N) is 3. The molecule has 1 aliphatic rings. The first-order valence-electron chi connectivity index (χ1n) is 9.11. The van der Waals surface area contributed by atoms with E-state index in [1.54, 1.807) is 0 Å². The lowest BCUT2D eigenvalue weighted by atomic mass is 10.1. The SMILES string of the molecule is N#Cc1ccc(S(=O)(=O)N2CCn3c(c(C(N)=O)c(Cl)c3-c3ccccc3)C2)cc1. The van der Waals surface area contributed by atoms with Crippen LogP contribution in [0, 0.1) is 11.3 Å². The molecule has 3 aromatic rings. The minimum absolute atomic E-state index is 0.0346. The van der Waals surface area contributed by atoms with E-state index in [1.165, 1.54) is 28.6 Å². The molecule has 2 heterocycles. The highest BCUT2D eigenvalue weighted by Gasteiger charge is 2.34. The number of primary amides is 1. The first-order valence-corrected chi connectivity index (χ1v) is 10.9. The van der Waals surface area contributed by atoms with Gasteiger partial charge in [-0.25, -0.2) is 8.42 Å². The number of sulfonamides is 1. The number of hydrogen-bond donors (Lipinski definition) is 1. The molecule has 2 N–H and O–H groups in total. The third kappa shape index (κ3) is 3.27. The van der Waals surface area contributed by atoms with E-state index < -0.39 is 15.9 Å². The van der Waals surface area contributed by atoms with Crippen molar-refractivity contribution in [2.45, 2.75) is 18.0 Å². The maximum Gasteiger partial charge on any atom is 0.252 e. The molecule has 0 atom stereocenters. The van der Waals surface area contributed by atoms with Crippen LogP contribution in [0.15, 0.2) is 59.5 Å². The fourth-order valence-electron chi connectivity index (χ4n) is 3.69. The van der Waals surface area contributed by atoms with Crippen LogP contribution in [-0.2, 0) is 23.1 Å². The molecular weight excluding hydrogens is 424 g/mol. The highest BCUT2D eigenvalue weighted by atomic mass is 35.5. The van der Waals surface area contributed by atoms with Crippen molar-refractivity contribution in [3.63, 3.8) is 0 Å². The molecular formula is C21H17ClN4O3S. The number of amides is 1. The lowest BCUT2D eigenvalue weighted by Gasteiger charge is -2.29. The average Bonchev–Trinajstić information content (AvgIpc) is 3.05. The van der Waals surface area contributed by atoms with Crippen LogP contribution < -0.4 is 5.73 Å². The molecule has 1 amide bonds. The number of nitrogens with two attached hydrogens (primary N) is 1.